The molecule has 0 amide bonds. The molecule has 0 radical (unpaired) electrons. The van der Waals surface area contributed by atoms with Gasteiger partial charge in [-0.2, -0.15) is 14.6 Å². The second-order valence-corrected chi connectivity index (χ2v) is 5.86. The van der Waals surface area contributed by atoms with Crippen molar-refractivity contribution in [3.8, 4) is 0 Å². The smallest absolute Gasteiger partial charge is 0.377 e. The van der Waals surface area contributed by atoms with Crippen molar-refractivity contribution in [1.29, 1.82) is 0 Å². The van der Waals surface area contributed by atoms with Crippen molar-refractivity contribution in [2.45, 2.75) is 39.5 Å². The van der Waals surface area contributed by atoms with Gasteiger partial charge in [-0.1, -0.05) is 38.0 Å². The summed E-state index contributed by atoms with van der Waals surface area (Å²) >= 11 is 1.25. The number of hydrogen-bond acceptors (Lipinski definition) is 7. The predicted molar refractivity (Wildman–Crippen MR) is 80.6 cm³/mol. The van der Waals surface area contributed by atoms with E-state index in [0.717, 1.165) is 35.2 Å². The van der Waals surface area contributed by atoms with Crippen molar-refractivity contribution in [3.63, 3.8) is 0 Å². The number of aromatic nitrogens is 3. The maximum atomic E-state index is 12.0. The number of nitro groups is 1. The Morgan fingerprint density at radius 3 is 2.67 bits per heavy atom. The van der Waals surface area contributed by atoms with Gasteiger partial charge in [0.2, 0.25) is 10.8 Å². The van der Waals surface area contributed by atoms with Crippen LogP contribution in [0.2, 0.25) is 0 Å². The molecule has 2 heterocycles. The Morgan fingerprint density at radius 1 is 1.43 bits per heavy atom. The van der Waals surface area contributed by atoms with E-state index in [2.05, 4.69) is 23.9 Å². The van der Waals surface area contributed by atoms with Crippen LogP contribution in [0.4, 0.5) is 11.5 Å². The highest BCUT2D eigenvalue weighted by Gasteiger charge is 2.23. The Bertz CT molecular complexity index is 719. The molecule has 2 rings (SSSR count). The first-order valence-corrected chi connectivity index (χ1v) is 7.62. The number of fused-ring (bicyclic) bond motifs is 1. The molecule has 0 bridgehead atoms. The van der Waals surface area contributed by atoms with Crippen LogP contribution < -0.4 is 11.3 Å². The van der Waals surface area contributed by atoms with Crippen LogP contribution in [0.25, 0.3) is 4.96 Å². The summed E-state index contributed by atoms with van der Waals surface area (Å²) in [5, 5.41) is 15.7. The number of rotatable bonds is 6. The van der Waals surface area contributed by atoms with E-state index in [-0.39, 0.29) is 5.82 Å². The quantitative estimate of drug-likeness (QED) is 0.644. The first-order valence-electron chi connectivity index (χ1n) is 6.80. The van der Waals surface area contributed by atoms with Gasteiger partial charge in [-0.15, -0.1) is 0 Å². The highest BCUT2D eigenvalue weighted by molar-refractivity contribution is 7.16. The third-order valence-electron chi connectivity index (χ3n) is 3.56. The fourth-order valence-corrected chi connectivity index (χ4v) is 3.10. The SMILES string of the molecule is CCC(CC)CCc1nn2c(=O)c([N+](=O)[O-])c(N)nc2s1. The second-order valence-electron chi connectivity index (χ2n) is 4.82. The number of nitrogen functional groups attached to an aromatic ring is 1. The van der Waals surface area contributed by atoms with Crippen LogP contribution in [-0.4, -0.2) is 19.5 Å². The molecular weight excluding hydrogens is 294 g/mol. The zero-order valence-corrected chi connectivity index (χ0v) is 12.7. The van der Waals surface area contributed by atoms with E-state index in [4.69, 9.17) is 5.73 Å². The first kappa shape index (κ1) is 15.4. The summed E-state index contributed by atoms with van der Waals surface area (Å²) in [7, 11) is 0. The van der Waals surface area contributed by atoms with Gasteiger partial charge >= 0.3 is 11.2 Å². The Labute approximate surface area is 124 Å². The standard InChI is InChI=1S/C12H17N5O3S/c1-3-7(4-2)5-6-8-15-16-11(18)9(17(19)20)10(13)14-12(16)21-8/h7H,3-6,13H2,1-2H3. The van der Waals surface area contributed by atoms with Gasteiger partial charge in [0.05, 0.1) is 4.92 Å². The van der Waals surface area contributed by atoms with Gasteiger partial charge in [0, 0.05) is 6.42 Å². The van der Waals surface area contributed by atoms with E-state index in [1.807, 2.05) is 0 Å². The molecule has 2 aromatic rings. The van der Waals surface area contributed by atoms with E-state index in [1.165, 1.54) is 11.3 Å². The topological polar surface area (TPSA) is 116 Å². The van der Waals surface area contributed by atoms with Crippen LogP contribution in [0.5, 0.6) is 0 Å². The van der Waals surface area contributed by atoms with Gasteiger partial charge in [0.15, 0.2) is 0 Å². The predicted octanol–water partition coefficient (Wildman–Crippen LogP) is 2.01. The molecule has 0 atom stereocenters. The van der Waals surface area contributed by atoms with Gasteiger partial charge in [0.25, 0.3) is 0 Å². The number of aryl methyl sites for hydroxylation is 1. The molecule has 0 spiro atoms. The maximum Gasteiger partial charge on any atom is 0.377 e. The van der Waals surface area contributed by atoms with Crippen LogP contribution in [-0.2, 0) is 6.42 Å². The summed E-state index contributed by atoms with van der Waals surface area (Å²) in [6.07, 6.45) is 3.89. The van der Waals surface area contributed by atoms with E-state index in [0.29, 0.717) is 10.9 Å². The fraction of sp³-hybridized carbons (Fsp3) is 0.583. The average Bonchev–Trinajstić information content (AvgIpc) is 2.82. The first-order chi connectivity index (χ1) is 9.97. The Morgan fingerprint density at radius 2 is 2.10 bits per heavy atom. The van der Waals surface area contributed by atoms with E-state index >= 15 is 0 Å². The molecular formula is C12H17N5O3S. The van der Waals surface area contributed by atoms with Crippen molar-refractivity contribution in [3.05, 3.63) is 25.5 Å². The molecule has 8 nitrogen and oxygen atoms in total. The zero-order valence-electron chi connectivity index (χ0n) is 11.9. The molecule has 2 N–H and O–H groups in total. The lowest BCUT2D eigenvalue weighted by molar-refractivity contribution is -0.385. The second kappa shape index (κ2) is 6.17. The molecule has 0 aromatic carbocycles. The molecule has 2 aromatic heterocycles. The van der Waals surface area contributed by atoms with Crippen molar-refractivity contribution in [1.82, 2.24) is 14.6 Å². The van der Waals surface area contributed by atoms with Crippen LogP contribution >= 0.6 is 11.3 Å². The molecule has 0 saturated carbocycles. The average molecular weight is 311 g/mol. The molecule has 0 aliphatic heterocycles. The molecule has 9 heteroatoms. The summed E-state index contributed by atoms with van der Waals surface area (Å²) in [5.74, 6) is 0.251. The number of hydrogen-bond donors (Lipinski definition) is 1. The minimum Gasteiger partial charge on any atom is -0.378 e. The summed E-state index contributed by atoms with van der Waals surface area (Å²) in [5.41, 5.74) is 3.93. The molecule has 0 aliphatic rings. The van der Waals surface area contributed by atoms with Crippen molar-refractivity contribution in [2.75, 3.05) is 5.73 Å². The van der Waals surface area contributed by atoms with Crippen molar-refractivity contribution in [2.24, 2.45) is 5.92 Å². The lowest BCUT2D eigenvalue weighted by Crippen LogP contribution is -2.20. The zero-order chi connectivity index (χ0) is 15.6. The third kappa shape index (κ3) is 3.02. The summed E-state index contributed by atoms with van der Waals surface area (Å²) in [6.45, 7) is 4.28. The van der Waals surface area contributed by atoms with Crippen molar-refractivity contribution < 1.29 is 4.92 Å². The van der Waals surface area contributed by atoms with Gasteiger partial charge in [-0.25, -0.2) is 0 Å². The van der Waals surface area contributed by atoms with Crippen LogP contribution in [0, 0.1) is 16.0 Å². The van der Waals surface area contributed by atoms with E-state index in [9.17, 15) is 14.9 Å². The molecule has 21 heavy (non-hydrogen) atoms. The fourth-order valence-electron chi connectivity index (χ4n) is 2.19. The minimum atomic E-state index is -0.826. The Balaban J connectivity index is 2.36. The molecule has 0 saturated heterocycles. The van der Waals surface area contributed by atoms with E-state index < -0.39 is 16.2 Å². The van der Waals surface area contributed by atoms with Crippen LogP contribution in [0.1, 0.15) is 38.1 Å². The van der Waals surface area contributed by atoms with Gasteiger partial charge in [-0.3, -0.25) is 14.9 Å². The Kier molecular flexibility index (Phi) is 4.51. The monoisotopic (exact) mass is 311 g/mol. The van der Waals surface area contributed by atoms with Crippen LogP contribution in [0.15, 0.2) is 4.79 Å². The normalized spacial score (nSPS) is 11.4. The van der Waals surface area contributed by atoms with Crippen LogP contribution in [0.3, 0.4) is 0 Å². The van der Waals surface area contributed by atoms with E-state index in [1.54, 1.807) is 0 Å². The largest absolute Gasteiger partial charge is 0.378 e. The maximum absolute atomic E-state index is 12.0. The highest BCUT2D eigenvalue weighted by atomic mass is 32.1. The van der Waals surface area contributed by atoms with Crippen molar-refractivity contribution >= 4 is 27.8 Å². The number of anilines is 1. The lowest BCUT2D eigenvalue weighted by atomic mass is 9.98. The molecule has 0 aliphatic carbocycles. The molecule has 0 fully saturated rings. The lowest BCUT2D eigenvalue weighted by Gasteiger charge is -2.09. The highest BCUT2D eigenvalue weighted by Crippen LogP contribution is 2.21. The minimum absolute atomic E-state index is 0.294. The number of nitrogens with two attached hydrogens (primary N) is 1. The summed E-state index contributed by atoms with van der Waals surface area (Å²) in [6, 6.07) is 0. The summed E-state index contributed by atoms with van der Waals surface area (Å²) in [4.78, 5) is 26.2. The molecule has 0 unspecified atom stereocenters. The van der Waals surface area contributed by atoms with Gasteiger partial charge in [-0.05, 0) is 12.3 Å². The number of nitrogens with zero attached hydrogens (tertiary/aromatic N) is 4. The third-order valence-corrected chi connectivity index (χ3v) is 4.53. The summed E-state index contributed by atoms with van der Waals surface area (Å²) < 4.78 is 0.974. The van der Waals surface area contributed by atoms with Gasteiger partial charge < -0.3 is 5.73 Å². The van der Waals surface area contributed by atoms with Gasteiger partial charge in [0.1, 0.15) is 5.01 Å². The Hall–Kier alpha value is -2.03. The molecule has 114 valence electrons.